The van der Waals surface area contributed by atoms with E-state index in [9.17, 15) is 9.59 Å². The number of aliphatic hydroxyl groups excluding tert-OH is 1. The van der Waals surface area contributed by atoms with Gasteiger partial charge in [-0.05, 0) is 25.5 Å². The van der Waals surface area contributed by atoms with Crippen LogP contribution in [0.4, 0.5) is 0 Å². The highest BCUT2D eigenvalue weighted by molar-refractivity contribution is 5.78. The van der Waals surface area contributed by atoms with Crippen LogP contribution in [0, 0.1) is 0 Å². The van der Waals surface area contributed by atoms with E-state index < -0.39 is 0 Å². The molecule has 0 spiro atoms. The van der Waals surface area contributed by atoms with Gasteiger partial charge in [0.15, 0.2) is 18.1 Å². The Balaban J connectivity index is 2.58. The van der Waals surface area contributed by atoms with E-state index in [1.807, 2.05) is 0 Å². The van der Waals surface area contributed by atoms with E-state index in [1.54, 1.807) is 31.2 Å². The van der Waals surface area contributed by atoms with E-state index in [0.717, 1.165) is 0 Å². The van der Waals surface area contributed by atoms with Gasteiger partial charge >= 0.3 is 5.97 Å². The predicted molar refractivity (Wildman–Crippen MR) is 88.0 cm³/mol. The summed E-state index contributed by atoms with van der Waals surface area (Å²) in [5, 5.41) is 8.96. The Kier molecular flexibility index (Phi) is 9.29. The van der Waals surface area contributed by atoms with Crippen molar-refractivity contribution in [3.05, 3.63) is 24.3 Å². The molecule has 0 fully saturated rings. The van der Waals surface area contributed by atoms with Crippen LogP contribution in [0.1, 0.15) is 19.8 Å². The highest BCUT2D eigenvalue weighted by Crippen LogP contribution is 2.25. The molecular formula is C17H25NO6. The molecular weight excluding hydrogens is 314 g/mol. The quantitative estimate of drug-likeness (QED) is 0.611. The molecule has 1 amide bonds. The number of para-hydroxylation sites is 2. The van der Waals surface area contributed by atoms with Crippen LogP contribution in [-0.4, -0.2) is 61.9 Å². The maximum atomic E-state index is 12.3. The maximum Gasteiger partial charge on any atom is 0.307 e. The maximum absolute atomic E-state index is 12.3. The Morgan fingerprint density at radius 3 is 2.50 bits per heavy atom. The lowest BCUT2D eigenvalue weighted by molar-refractivity contribution is -0.144. The lowest BCUT2D eigenvalue weighted by Gasteiger charge is -2.22. The molecule has 7 nitrogen and oxygen atoms in total. The number of methoxy groups -OCH3 is 1. The van der Waals surface area contributed by atoms with E-state index >= 15 is 0 Å². The van der Waals surface area contributed by atoms with Crippen molar-refractivity contribution in [2.24, 2.45) is 0 Å². The first kappa shape index (κ1) is 19.8. The van der Waals surface area contributed by atoms with Gasteiger partial charge < -0.3 is 24.2 Å². The highest BCUT2D eigenvalue weighted by Gasteiger charge is 2.16. The number of amides is 1. The molecule has 0 bridgehead atoms. The van der Waals surface area contributed by atoms with Gasteiger partial charge in [0, 0.05) is 19.7 Å². The van der Waals surface area contributed by atoms with Crippen LogP contribution >= 0.6 is 0 Å². The Morgan fingerprint density at radius 1 is 1.17 bits per heavy atom. The Labute approximate surface area is 142 Å². The Hall–Kier alpha value is -2.28. The number of rotatable bonds is 11. The largest absolute Gasteiger partial charge is 0.493 e. The van der Waals surface area contributed by atoms with E-state index in [0.29, 0.717) is 31.1 Å². The number of hydrogen-bond acceptors (Lipinski definition) is 6. The predicted octanol–water partition coefficient (Wildman–Crippen LogP) is 1.24. The third-order valence-electron chi connectivity index (χ3n) is 3.25. The van der Waals surface area contributed by atoms with Crippen LogP contribution in [0.15, 0.2) is 24.3 Å². The first-order chi connectivity index (χ1) is 11.6. The summed E-state index contributed by atoms with van der Waals surface area (Å²) in [6, 6.07) is 7.04. The van der Waals surface area contributed by atoms with E-state index in [2.05, 4.69) is 0 Å². The van der Waals surface area contributed by atoms with Crippen LogP contribution in [0.3, 0.4) is 0 Å². The molecule has 0 aliphatic heterocycles. The van der Waals surface area contributed by atoms with Crippen LogP contribution in [0.5, 0.6) is 11.5 Å². The lowest BCUT2D eigenvalue weighted by Crippen LogP contribution is -2.37. The van der Waals surface area contributed by atoms with Crippen LogP contribution < -0.4 is 9.47 Å². The van der Waals surface area contributed by atoms with E-state index in [-0.39, 0.29) is 38.1 Å². The van der Waals surface area contributed by atoms with Gasteiger partial charge in [0.1, 0.15) is 0 Å². The summed E-state index contributed by atoms with van der Waals surface area (Å²) in [6.07, 6.45) is 0.545. The minimum absolute atomic E-state index is 0.0312. The van der Waals surface area contributed by atoms with Gasteiger partial charge in [-0.2, -0.15) is 0 Å². The van der Waals surface area contributed by atoms with Crippen molar-refractivity contribution in [2.75, 3.05) is 40.0 Å². The molecule has 24 heavy (non-hydrogen) atoms. The zero-order valence-electron chi connectivity index (χ0n) is 14.2. The SMILES string of the molecule is CCOC(=O)CCN(CCCO)C(=O)COc1ccccc1OC. The molecule has 0 heterocycles. The fourth-order valence-corrected chi connectivity index (χ4v) is 2.05. The normalized spacial score (nSPS) is 10.1. The molecule has 1 aromatic rings. The lowest BCUT2D eigenvalue weighted by atomic mass is 10.3. The molecule has 134 valence electrons. The molecule has 0 aliphatic rings. The first-order valence-corrected chi connectivity index (χ1v) is 7.92. The minimum Gasteiger partial charge on any atom is -0.493 e. The molecule has 7 heteroatoms. The summed E-state index contributed by atoms with van der Waals surface area (Å²) in [5.41, 5.74) is 0. The van der Waals surface area contributed by atoms with Gasteiger partial charge in [-0.25, -0.2) is 0 Å². The third-order valence-corrected chi connectivity index (χ3v) is 3.25. The number of carbonyl (C=O) groups excluding carboxylic acids is 2. The van der Waals surface area contributed by atoms with E-state index in [4.69, 9.17) is 19.3 Å². The zero-order valence-corrected chi connectivity index (χ0v) is 14.2. The third kappa shape index (κ3) is 6.87. The number of carbonyl (C=O) groups is 2. The molecule has 0 radical (unpaired) electrons. The van der Waals surface area contributed by atoms with Gasteiger partial charge in [0.25, 0.3) is 5.91 Å². The van der Waals surface area contributed by atoms with Crippen molar-refractivity contribution in [2.45, 2.75) is 19.8 Å². The van der Waals surface area contributed by atoms with Gasteiger partial charge in [-0.15, -0.1) is 0 Å². The number of hydrogen-bond donors (Lipinski definition) is 1. The molecule has 0 atom stereocenters. The Morgan fingerprint density at radius 2 is 1.88 bits per heavy atom. The van der Waals surface area contributed by atoms with Gasteiger partial charge in [-0.1, -0.05) is 12.1 Å². The zero-order chi connectivity index (χ0) is 17.8. The standard InChI is InChI=1S/C17H25NO6/c1-3-23-17(21)9-11-18(10-6-12-19)16(20)13-24-15-8-5-4-7-14(15)22-2/h4-5,7-8,19H,3,6,9-13H2,1-2H3. The summed E-state index contributed by atoms with van der Waals surface area (Å²) >= 11 is 0. The number of nitrogens with zero attached hydrogens (tertiary/aromatic N) is 1. The topological polar surface area (TPSA) is 85.3 Å². The number of aliphatic hydroxyl groups is 1. The van der Waals surface area contributed by atoms with Gasteiger partial charge in [-0.3, -0.25) is 9.59 Å². The molecule has 0 aromatic heterocycles. The second-order valence-corrected chi connectivity index (χ2v) is 4.95. The van der Waals surface area contributed by atoms with Gasteiger partial charge in [0.05, 0.1) is 20.1 Å². The van der Waals surface area contributed by atoms with Crippen LogP contribution in [0.25, 0.3) is 0 Å². The summed E-state index contributed by atoms with van der Waals surface area (Å²) in [4.78, 5) is 25.3. The second kappa shape index (κ2) is 11.3. The average Bonchev–Trinajstić information content (AvgIpc) is 2.60. The number of benzene rings is 1. The van der Waals surface area contributed by atoms with E-state index in [1.165, 1.54) is 12.0 Å². The second-order valence-electron chi connectivity index (χ2n) is 4.95. The summed E-state index contributed by atoms with van der Waals surface area (Å²) in [6.45, 7) is 2.41. The summed E-state index contributed by atoms with van der Waals surface area (Å²) in [7, 11) is 1.52. The van der Waals surface area contributed by atoms with Crippen molar-refractivity contribution in [3.63, 3.8) is 0 Å². The fourth-order valence-electron chi connectivity index (χ4n) is 2.05. The van der Waals surface area contributed by atoms with Crippen molar-refractivity contribution in [1.29, 1.82) is 0 Å². The molecule has 0 aliphatic carbocycles. The number of esters is 1. The molecule has 1 aromatic carbocycles. The first-order valence-electron chi connectivity index (χ1n) is 7.92. The fraction of sp³-hybridized carbons (Fsp3) is 0.529. The monoisotopic (exact) mass is 339 g/mol. The van der Waals surface area contributed by atoms with Gasteiger partial charge in [0.2, 0.25) is 0 Å². The molecule has 0 saturated heterocycles. The van der Waals surface area contributed by atoms with Crippen LogP contribution in [0.2, 0.25) is 0 Å². The van der Waals surface area contributed by atoms with Crippen molar-refractivity contribution in [3.8, 4) is 11.5 Å². The van der Waals surface area contributed by atoms with Crippen molar-refractivity contribution in [1.82, 2.24) is 4.90 Å². The smallest absolute Gasteiger partial charge is 0.307 e. The van der Waals surface area contributed by atoms with Crippen molar-refractivity contribution >= 4 is 11.9 Å². The highest BCUT2D eigenvalue weighted by atomic mass is 16.5. The van der Waals surface area contributed by atoms with Crippen LogP contribution in [-0.2, 0) is 14.3 Å². The minimum atomic E-state index is -0.357. The summed E-state index contributed by atoms with van der Waals surface area (Å²) in [5.74, 6) is 0.392. The molecule has 0 unspecified atom stereocenters. The molecule has 1 rings (SSSR count). The average molecular weight is 339 g/mol. The Bertz CT molecular complexity index is 520. The molecule has 0 saturated carbocycles. The molecule has 1 N–H and O–H groups in total. The van der Waals surface area contributed by atoms with Crippen molar-refractivity contribution < 1.29 is 28.9 Å². The summed E-state index contributed by atoms with van der Waals surface area (Å²) < 4.78 is 15.5. The number of ether oxygens (including phenoxy) is 3.